The number of benzene rings is 1. The molecule has 94 valence electrons. The molecule has 0 saturated heterocycles. The van der Waals surface area contributed by atoms with Crippen molar-refractivity contribution in [2.75, 3.05) is 0 Å². The average molecular weight is 234 g/mol. The number of para-hydroxylation sites is 1. The summed E-state index contributed by atoms with van der Waals surface area (Å²) in [6, 6.07) is 6.14. The molecule has 0 aliphatic heterocycles. The van der Waals surface area contributed by atoms with Gasteiger partial charge in [-0.05, 0) is 29.4 Å². The van der Waals surface area contributed by atoms with Crippen LogP contribution in [0.25, 0.3) is 0 Å². The van der Waals surface area contributed by atoms with Gasteiger partial charge in [0.2, 0.25) is 0 Å². The van der Waals surface area contributed by atoms with Crippen LogP contribution in [0.1, 0.15) is 64.0 Å². The lowest BCUT2D eigenvalue weighted by Gasteiger charge is -2.19. The van der Waals surface area contributed by atoms with E-state index in [0.29, 0.717) is 11.8 Å². The van der Waals surface area contributed by atoms with Crippen molar-refractivity contribution in [1.29, 1.82) is 0 Å². The van der Waals surface area contributed by atoms with Gasteiger partial charge >= 0.3 is 5.97 Å². The van der Waals surface area contributed by atoms with Crippen molar-refractivity contribution in [1.82, 2.24) is 0 Å². The van der Waals surface area contributed by atoms with Gasteiger partial charge in [-0.15, -0.1) is 0 Å². The van der Waals surface area contributed by atoms with Crippen LogP contribution in [0.2, 0.25) is 0 Å². The van der Waals surface area contributed by atoms with Gasteiger partial charge in [-0.2, -0.15) is 0 Å². The monoisotopic (exact) mass is 234 g/mol. The molecule has 1 unspecified atom stereocenters. The van der Waals surface area contributed by atoms with Crippen LogP contribution in [0.4, 0.5) is 0 Å². The first-order chi connectivity index (χ1) is 7.97. The van der Waals surface area contributed by atoms with Gasteiger partial charge in [0.25, 0.3) is 0 Å². The lowest BCUT2D eigenvalue weighted by molar-refractivity contribution is -0.132. The fourth-order valence-corrected chi connectivity index (χ4v) is 1.90. The molecule has 0 aliphatic rings. The third-order valence-electron chi connectivity index (χ3n) is 3.09. The van der Waals surface area contributed by atoms with Crippen molar-refractivity contribution in [2.45, 2.75) is 52.9 Å². The van der Waals surface area contributed by atoms with Crippen LogP contribution < -0.4 is 4.74 Å². The summed E-state index contributed by atoms with van der Waals surface area (Å²) in [5.74, 6) is 1.28. The number of esters is 1. The first-order valence-corrected chi connectivity index (χ1v) is 6.28. The maximum atomic E-state index is 11.2. The van der Waals surface area contributed by atoms with E-state index < -0.39 is 0 Å². The Labute approximate surface area is 104 Å². The van der Waals surface area contributed by atoms with Gasteiger partial charge in [-0.3, -0.25) is 4.79 Å². The summed E-state index contributed by atoms with van der Waals surface area (Å²) in [5, 5.41) is 0. The molecular weight excluding hydrogens is 212 g/mol. The summed E-state index contributed by atoms with van der Waals surface area (Å²) in [6.45, 7) is 9.99. The van der Waals surface area contributed by atoms with E-state index in [1.54, 1.807) is 0 Å². The second-order valence-corrected chi connectivity index (χ2v) is 4.82. The Kier molecular flexibility index (Phi) is 4.73. The predicted octanol–water partition coefficient (Wildman–Crippen LogP) is 4.25. The largest absolute Gasteiger partial charge is 0.426 e. The standard InChI is InChI=1S/C15H22O2/c1-6-11(4)14-9-7-8-13(10(2)3)15(14)17-12(5)16/h7-11H,6H2,1-5H3. The number of carbonyl (C=O) groups is 1. The molecule has 0 fully saturated rings. The minimum Gasteiger partial charge on any atom is -0.426 e. The third kappa shape index (κ3) is 3.32. The molecule has 2 nitrogen and oxygen atoms in total. The van der Waals surface area contributed by atoms with Gasteiger partial charge in [-0.1, -0.05) is 45.9 Å². The number of ether oxygens (including phenoxy) is 1. The van der Waals surface area contributed by atoms with E-state index in [0.717, 1.165) is 23.3 Å². The van der Waals surface area contributed by atoms with Crippen LogP contribution in [-0.2, 0) is 4.79 Å². The van der Waals surface area contributed by atoms with Crippen LogP contribution in [0.15, 0.2) is 18.2 Å². The van der Waals surface area contributed by atoms with Crippen LogP contribution in [-0.4, -0.2) is 5.97 Å². The van der Waals surface area contributed by atoms with Crippen molar-refractivity contribution in [3.05, 3.63) is 29.3 Å². The van der Waals surface area contributed by atoms with Crippen LogP contribution >= 0.6 is 0 Å². The summed E-state index contributed by atoms with van der Waals surface area (Å²) >= 11 is 0. The highest BCUT2D eigenvalue weighted by molar-refractivity contribution is 5.70. The summed E-state index contributed by atoms with van der Waals surface area (Å²) in [4.78, 5) is 11.2. The first kappa shape index (κ1) is 13.8. The van der Waals surface area contributed by atoms with Crippen LogP contribution in [0.5, 0.6) is 5.75 Å². The Morgan fingerprint density at radius 3 is 2.29 bits per heavy atom. The Hall–Kier alpha value is -1.31. The molecule has 0 spiro atoms. The molecule has 1 aromatic carbocycles. The second-order valence-electron chi connectivity index (χ2n) is 4.82. The van der Waals surface area contributed by atoms with Crippen molar-refractivity contribution in [2.24, 2.45) is 0 Å². The van der Waals surface area contributed by atoms with E-state index in [1.165, 1.54) is 6.92 Å². The smallest absolute Gasteiger partial charge is 0.308 e. The molecule has 17 heavy (non-hydrogen) atoms. The number of rotatable bonds is 4. The maximum absolute atomic E-state index is 11.2. The Morgan fingerprint density at radius 2 is 1.82 bits per heavy atom. The van der Waals surface area contributed by atoms with Gasteiger partial charge in [-0.25, -0.2) is 0 Å². The van der Waals surface area contributed by atoms with E-state index >= 15 is 0 Å². The summed E-state index contributed by atoms with van der Waals surface area (Å²) in [6.07, 6.45) is 1.04. The van der Waals surface area contributed by atoms with Crippen LogP contribution in [0, 0.1) is 0 Å². The van der Waals surface area contributed by atoms with Gasteiger partial charge in [0.1, 0.15) is 5.75 Å². The molecule has 0 N–H and O–H groups in total. The molecule has 0 heterocycles. The fourth-order valence-electron chi connectivity index (χ4n) is 1.90. The average Bonchev–Trinajstić information content (AvgIpc) is 2.27. The SMILES string of the molecule is CCC(C)c1cccc(C(C)C)c1OC(C)=O. The minimum absolute atomic E-state index is 0.248. The van der Waals surface area contributed by atoms with Gasteiger partial charge in [0, 0.05) is 6.92 Å². The highest BCUT2D eigenvalue weighted by Gasteiger charge is 2.17. The van der Waals surface area contributed by atoms with Gasteiger partial charge in [0.15, 0.2) is 0 Å². The lowest BCUT2D eigenvalue weighted by atomic mass is 9.92. The molecule has 0 saturated carbocycles. The molecule has 0 bridgehead atoms. The molecule has 1 aromatic rings. The summed E-state index contributed by atoms with van der Waals surface area (Å²) in [7, 11) is 0. The summed E-state index contributed by atoms with van der Waals surface area (Å²) in [5.41, 5.74) is 2.24. The van der Waals surface area contributed by atoms with Crippen molar-refractivity contribution in [3.63, 3.8) is 0 Å². The number of carbonyl (C=O) groups excluding carboxylic acids is 1. The van der Waals surface area contributed by atoms with E-state index in [2.05, 4.69) is 33.8 Å². The Morgan fingerprint density at radius 1 is 1.24 bits per heavy atom. The van der Waals surface area contributed by atoms with Gasteiger partial charge < -0.3 is 4.74 Å². The lowest BCUT2D eigenvalue weighted by Crippen LogP contribution is -2.08. The molecule has 0 aromatic heterocycles. The summed E-state index contributed by atoms with van der Waals surface area (Å²) < 4.78 is 5.42. The van der Waals surface area contributed by atoms with E-state index in [4.69, 9.17) is 4.74 Å². The van der Waals surface area contributed by atoms with Crippen molar-refractivity contribution in [3.8, 4) is 5.75 Å². The van der Waals surface area contributed by atoms with Gasteiger partial charge in [0.05, 0.1) is 0 Å². The zero-order valence-electron chi connectivity index (χ0n) is 11.4. The molecule has 0 amide bonds. The maximum Gasteiger partial charge on any atom is 0.308 e. The topological polar surface area (TPSA) is 26.3 Å². The van der Waals surface area contributed by atoms with Crippen LogP contribution in [0.3, 0.4) is 0 Å². The number of hydrogen-bond donors (Lipinski definition) is 0. The van der Waals surface area contributed by atoms with E-state index in [1.807, 2.05) is 12.1 Å². The fraction of sp³-hybridized carbons (Fsp3) is 0.533. The highest BCUT2D eigenvalue weighted by atomic mass is 16.5. The normalized spacial score (nSPS) is 12.6. The second kappa shape index (κ2) is 5.85. The zero-order chi connectivity index (χ0) is 13.0. The van der Waals surface area contributed by atoms with E-state index in [-0.39, 0.29) is 5.97 Å². The molecule has 1 atom stereocenters. The van der Waals surface area contributed by atoms with Crippen molar-refractivity contribution >= 4 is 5.97 Å². The molecular formula is C15H22O2. The minimum atomic E-state index is -0.248. The Balaban J connectivity index is 3.28. The van der Waals surface area contributed by atoms with Crippen molar-refractivity contribution < 1.29 is 9.53 Å². The highest BCUT2D eigenvalue weighted by Crippen LogP contribution is 2.35. The molecule has 1 rings (SSSR count). The molecule has 0 aliphatic carbocycles. The molecule has 2 heteroatoms. The first-order valence-electron chi connectivity index (χ1n) is 6.28. The Bertz CT molecular complexity index is 394. The third-order valence-corrected chi connectivity index (χ3v) is 3.09. The van der Waals surface area contributed by atoms with E-state index in [9.17, 15) is 4.79 Å². The zero-order valence-corrected chi connectivity index (χ0v) is 11.4. The molecule has 0 radical (unpaired) electrons. The predicted molar refractivity (Wildman–Crippen MR) is 70.5 cm³/mol. The quantitative estimate of drug-likeness (QED) is 0.575. The number of hydrogen-bond acceptors (Lipinski definition) is 2.